The molecule has 0 bridgehead atoms. The Labute approximate surface area is 119 Å². The first kappa shape index (κ1) is 16.4. The van der Waals surface area contributed by atoms with Crippen LogP contribution in [0.2, 0.25) is 5.15 Å². The summed E-state index contributed by atoms with van der Waals surface area (Å²) in [5.41, 5.74) is 0. The van der Waals surface area contributed by atoms with Crippen molar-refractivity contribution in [2.45, 2.75) is 31.1 Å². The van der Waals surface area contributed by atoms with Crippen LogP contribution >= 0.6 is 11.6 Å². The molecule has 0 aliphatic heterocycles. The molecule has 1 aromatic heterocycles. The van der Waals surface area contributed by atoms with E-state index in [1.54, 1.807) is 0 Å². The minimum Gasteiger partial charge on any atom is -0.396 e. The van der Waals surface area contributed by atoms with Crippen molar-refractivity contribution in [2.24, 2.45) is 5.92 Å². The van der Waals surface area contributed by atoms with E-state index >= 15 is 0 Å². The number of hydrogen-bond donors (Lipinski definition) is 2. The van der Waals surface area contributed by atoms with Crippen LogP contribution in [0.4, 0.5) is 0 Å². The largest absolute Gasteiger partial charge is 0.396 e. The van der Waals surface area contributed by atoms with Crippen molar-refractivity contribution in [1.29, 1.82) is 0 Å². The van der Waals surface area contributed by atoms with E-state index in [1.165, 1.54) is 18.3 Å². The van der Waals surface area contributed by atoms with E-state index < -0.39 is 10.0 Å². The molecule has 0 amide bonds. The number of pyridine rings is 1. The Morgan fingerprint density at radius 3 is 2.68 bits per heavy atom. The highest BCUT2D eigenvalue weighted by Crippen LogP contribution is 2.13. The van der Waals surface area contributed by atoms with Gasteiger partial charge < -0.3 is 5.11 Å². The average molecular weight is 307 g/mol. The molecular weight excluding hydrogens is 288 g/mol. The lowest BCUT2D eigenvalue weighted by atomic mass is 10.0. The van der Waals surface area contributed by atoms with E-state index in [0.717, 1.165) is 12.8 Å². The molecule has 19 heavy (non-hydrogen) atoms. The van der Waals surface area contributed by atoms with Gasteiger partial charge in [-0.2, -0.15) is 0 Å². The van der Waals surface area contributed by atoms with E-state index in [1.807, 2.05) is 6.92 Å². The van der Waals surface area contributed by atoms with Crippen molar-refractivity contribution in [1.82, 2.24) is 9.71 Å². The van der Waals surface area contributed by atoms with Crippen LogP contribution in [0.25, 0.3) is 0 Å². The van der Waals surface area contributed by atoms with Gasteiger partial charge in [0.2, 0.25) is 10.0 Å². The van der Waals surface area contributed by atoms with E-state index in [2.05, 4.69) is 9.71 Å². The summed E-state index contributed by atoms with van der Waals surface area (Å²) in [5, 5.41) is 9.19. The minimum atomic E-state index is -3.56. The highest BCUT2D eigenvalue weighted by Gasteiger charge is 2.16. The number of aliphatic hydroxyl groups excluding tert-OH is 1. The summed E-state index contributed by atoms with van der Waals surface area (Å²) in [7, 11) is -3.56. The maximum Gasteiger partial charge on any atom is 0.242 e. The van der Waals surface area contributed by atoms with E-state index in [9.17, 15) is 8.42 Å². The molecule has 0 spiro atoms. The zero-order valence-corrected chi connectivity index (χ0v) is 12.4. The summed E-state index contributed by atoms with van der Waals surface area (Å²) in [6.07, 6.45) is 3.65. The zero-order chi connectivity index (χ0) is 14.3. The quantitative estimate of drug-likeness (QED) is 0.718. The molecule has 7 heteroatoms. The summed E-state index contributed by atoms with van der Waals surface area (Å²) >= 11 is 5.62. The number of halogens is 1. The molecule has 0 aromatic carbocycles. The van der Waals surface area contributed by atoms with E-state index in [-0.39, 0.29) is 22.6 Å². The topological polar surface area (TPSA) is 79.3 Å². The van der Waals surface area contributed by atoms with Gasteiger partial charge in [0, 0.05) is 19.3 Å². The zero-order valence-electron chi connectivity index (χ0n) is 10.8. The molecule has 5 nitrogen and oxygen atoms in total. The molecular formula is C12H19ClN2O3S. The Hall–Kier alpha value is -0.690. The van der Waals surface area contributed by atoms with Crippen LogP contribution in [-0.4, -0.2) is 31.7 Å². The van der Waals surface area contributed by atoms with Crippen LogP contribution in [0, 0.1) is 5.92 Å². The second kappa shape index (κ2) is 7.79. The van der Waals surface area contributed by atoms with Crippen LogP contribution in [0.5, 0.6) is 0 Å². The van der Waals surface area contributed by atoms with Crippen LogP contribution in [-0.2, 0) is 10.0 Å². The fourth-order valence-corrected chi connectivity index (χ4v) is 2.94. The summed E-state index contributed by atoms with van der Waals surface area (Å²) < 4.78 is 26.5. The first-order valence-electron chi connectivity index (χ1n) is 6.21. The molecule has 1 aromatic rings. The Morgan fingerprint density at radius 2 is 2.16 bits per heavy atom. The summed E-state index contributed by atoms with van der Waals surface area (Å²) in [6.45, 7) is 2.41. The molecule has 1 rings (SSSR count). The third-order valence-corrected chi connectivity index (χ3v) is 4.44. The Kier molecular flexibility index (Phi) is 6.71. The molecule has 108 valence electrons. The van der Waals surface area contributed by atoms with Gasteiger partial charge in [0.1, 0.15) is 10.0 Å². The Bertz CT molecular complexity index is 470. The smallest absolute Gasteiger partial charge is 0.242 e. The highest BCUT2D eigenvalue weighted by molar-refractivity contribution is 7.89. The summed E-state index contributed by atoms with van der Waals surface area (Å²) in [5.74, 6) is 0.144. The lowest BCUT2D eigenvalue weighted by Gasteiger charge is -2.15. The van der Waals surface area contributed by atoms with Crippen LogP contribution in [0.15, 0.2) is 23.2 Å². The van der Waals surface area contributed by atoms with Gasteiger partial charge in [0.15, 0.2) is 0 Å². The second-order valence-corrected chi connectivity index (χ2v) is 6.49. The fourth-order valence-electron chi connectivity index (χ4n) is 1.77. The van der Waals surface area contributed by atoms with E-state index in [0.29, 0.717) is 13.0 Å². The van der Waals surface area contributed by atoms with Gasteiger partial charge in [-0.1, -0.05) is 24.9 Å². The van der Waals surface area contributed by atoms with Crippen molar-refractivity contribution in [3.05, 3.63) is 23.5 Å². The van der Waals surface area contributed by atoms with Crippen molar-refractivity contribution >= 4 is 21.6 Å². The Morgan fingerprint density at radius 1 is 1.42 bits per heavy atom. The molecule has 2 N–H and O–H groups in total. The normalized spacial score (nSPS) is 13.4. The summed E-state index contributed by atoms with van der Waals surface area (Å²) in [4.78, 5) is 3.85. The van der Waals surface area contributed by atoms with Gasteiger partial charge in [-0.05, 0) is 30.9 Å². The van der Waals surface area contributed by atoms with Gasteiger partial charge in [0.05, 0.1) is 0 Å². The van der Waals surface area contributed by atoms with Crippen LogP contribution in [0.3, 0.4) is 0 Å². The molecule has 0 aliphatic rings. The second-order valence-electron chi connectivity index (χ2n) is 4.34. The third-order valence-electron chi connectivity index (χ3n) is 2.81. The minimum absolute atomic E-state index is 0.0644. The van der Waals surface area contributed by atoms with Gasteiger partial charge in [0.25, 0.3) is 0 Å². The van der Waals surface area contributed by atoms with Crippen molar-refractivity contribution in [3.63, 3.8) is 0 Å². The predicted octanol–water partition coefficient (Wildman–Crippen LogP) is 1.81. The molecule has 0 saturated heterocycles. The molecule has 0 radical (unpaired) electrons. The highest BCUT2D eigenvalue weighted by atomic mass is 35.5. The molecule has 0 aliphatic carbocycles. The van der Waals surface area contributed by atoms with Gasteiger partial charge >= 0.3 is 0 Å². The molecule has 0 saturated carbocycles. The SMILES string of the molecule is CCCC(CCO)CNS(=O)(=O)c1ccc(Cl)nc1. The number of rotatable bonds is 8. The van der Waals surface area contributed by atoms with Gasteiger partial charge in [-0.3, -0.25) is 0 Å². The number of sulfonamides is 1. The van der Waals surface area contributed by atoms with Crippen molar-refractivity contribution < 1.29 is 13.5 Å². The first-order chi connectivity index (χ1) is 8.99. The number of hydrogen-bond acceptors (Lipinski definition) is 4. The van der Waals surface area contributed by atoms with E-state index in [4.69, 9.17) is 16.7 Å². The van der Waals surface area contributed by atoms with Crippen molar-refractivity contribution in [2.75, 3.05) is 13.2 Å². The number of nitrogens with one attached hydrogen (secondary N) is 1. The molecule has 1 unspecified atom stereocenters. The maximum atomic E-state index is 12.0. The first-order valence-corrected chi connectivity index (χ1v) is 8.07. The van der Waals surface area contributed by atoms with Gasteiger partial charge in [-0.15, -0.1) is 0 Å². The average Bonchev–Trinajstić information content (AvgIpc) is 2.37. The number of aliphatic hydroxyl groups is 1. The number of aromatic nitrogens is 1. The summed E-state index contributed by atoms with van der Waals surface area (Å²) in [6, 6.07) is 2.85. The maximum absolute atomic E-state index is 12.0. The standard InChI is InChI=1S/C12H19ClN2O3S/c1-2-3-10(6-7-16)8-15-19(17,18)11-4-5-12(13)14-9-11/h4-5,9-10,15-16H,2-3,6-8H2,1H3. The Balaban J connectivity index is 2.66. The fraction of sp³-hybridized carbons (Fsp3) is 0.583. The van der Waals surface area contributed by atoms with Crippen LogP contribution in [0.1, 0.15) is 26.2 Å². The van der Waals surface area contributed by atoms with Gasteiger partial charge in [-0.25, -0.2) is 18.1 Å². The third kappa shape index (κ3) is 5.44. The van der Waals surface area contributed by atoms with Crippen molar-refractivity contribution in [3.8, 4) is 0 Å². The molecule has 1 atom stereocenters. The van der Waals surface area contributed by atoms with Crippen LogP contribution < -0.4 is 4.72 Å². The number of nitrogens with zero attached hydrogens (tertiary/aromatic N) is 1. The molecule has 1 heterocycles. The molecule has 0 fully saturated rings. The lowest BCUT2D eigenvalue weighted by Crippen LogP contribution is -2.30. The monoisotopic (exact) mass is 306 g/mol. The lowest BCUT2D eigenvalue weighted by molar-refractivity contribution is 0.251. The predicted molar refractivity (Wildman–Crippen MR) is 74.5 cm³/mol.